The first kappa shape index (κ1) is 8.42. The van der Waals surface area contributed by atoms with E-state index in [1.54, 1.807) is 13.0 Å². The molecule has 1 aliphatic carbocycles. The van der Waals surface area contributed by atoms with Crippen LogP contribution >= 0.6 is 0 Å². The fourth-order valence-electron chi connectivity index (χ4n) is 1.65. The van der Waals surface area contributed by atoms with Gasteiger partial charge in [0.25, 0.3) is 0 Å². The van der Waals surface area contributed by atoms with E-state index in [-0.39, 0.29) is 5.82 Å². The molecular formula is C11H11FO. The molecule has 0 heterocycles. The lowest BCUT2D eigenvalue weighted by Gasteiger charge is -2.24. The van der Waals surface area contributed by atoms with Crippen LogP contribution in [0.5, 0.6) is 0 Å². The van der Waals surface area contributed by atoms with Crippen molar-refractivity contribution in [2.24, 2.45) is 0 Å². The van der Waals surface area contributed by atoms with E-state index in [9.17, 15) is 9.18 Å². The van der Waals surface area contributed by atoms with Crippen LogP contribution in [-0.2, 0) is 4.79 Å². The summed E-state index contributed by atoms with van der Waals surface area (Å²) in [5.41, 5.74) is 1.76. The van der Waals surface area contributed by atoms with Gasteiger partial charge in [0.1, 0.15) is 11.6 Å². The lowest BCUT2D eigenvalue weighted by Crippen LogP contribution is -2.21. The van der Waals surface area contributed by atoms with Crippen molar-refractivity contribution in [3.8, 4) is 0 Å². The third-order valence-corrected chi connectivity index (χ3v) is 2.60. The van der Waals surface area contributed by atoms with Crippen LogP contribution in [0.25, 0.3) is 0 Å². The topological polar surface area (TPSA) is 17.1 Å². The molecule has 0 aromatic heterocycles. The van der Waals surface area contributed by atoms with E-state index in [2.05, 4.69) is 0 Å². The summed E-state index contributed by atoms with van der Waals surface area (Å²) in [5.74, 6) is 0.480. The number of Topliss-reactive ketones (excluding diaryl/α,β-unsaturated/α-hetero) is 1. The zero-order valence-electron chi connectivity index (χ0n) is 7.51. The largest absolute Gasteiger partial charge is 0.300 e. The van der Waals surface area contributed by atoms with Crippen LogP contribution in [0.1, 0.15) is 29.9 Å². The summed E-state index contributed by atoms with van der Waals surface area (Å²) < 4.78 is 12.9. The van der Waals surface area contributed by atoms with Gasteiger partial charge in [-0.2, -0.15) is 0 Å². The second-order valence-electron chi connectivity index (χ2n) is 3.65. The third-order valence-electron chi connectivity index (χ3n) is 2.60. The van der Waals surface area contributed by atoms with Crippen molar-refractivity contribution in [3.05, 3.63) is 35.1 Å². The molecule has 1 aliphatic rings. The fourth-order valence-corrected chi connectivity index (χ4v) is 1.65. The summed E-state index contributed by atoms with van der Waals surface area (Å²) in [6.45, 7) is 1.75. The molecule has 68 valence electrons. The normalized spacial score (nSPS) is 17.2. The second-order valence-corrected chi connectivity index (χ2v) is 3.65. The van der Waals surface area contributed by atoms with Crippen molar-refractivity contribution >= 4 is 5.78 Å². The Morgan fingerprint density at radius 1 is 1.38 bits per heavy atom. The Morgan fingerprint density at radius 2 is 2.08 bits per heavy atom. The van der Waals surface area contributed by atoms with Gasteiger partial charge >= 0.3 is 0 Å². The van der Waals surface area contributed by atoms with E-state index in [1.807, 2.05) is 6.07 Å². The summed E-state index contributed by atoms with van der Waals surface area (Å²) in [4.78, 5) is 10.8. The molecule has 1 fully saturated rings. The molecule has 0 radical (unpaired) electrons. The molecule has 0 atom stereocenters. The zero-order valence-corrected chi connectivity index (χ0v) is 7.51. The van der Waals surface area contributed by atoms with Crippen LogP contribution in [0, 0.1) is 12.7 Å². The quantitative estimate of drug-likeness (QED) is 0.646. The van der Waals surface area contributed by atoms with Crippen molar-refractivity contribution in [1.82, 2.24) is 0 Å². The summed E-state index contributed by atoms with van der Waals surface area (Å²) in [7, 11) is 0. The maximum absolute atomic E-state index is 12.9. The summed E-state index contributed by atoms with van der Waals surface area (Å²) >= 11 is 0. The minimum Gasteiger partial charge on any atom is -0.300 e. The molecule has 0 saturated heterocycles. The van der Waals surface area contributed by atoms with Gasteiger partial charge in [-0.25, -0.2) is 4.39 Å². The number of benzene rings is 1. The molecule has 0 N–H and O–H groups in total. The smallest absolute Gasteiger partial charge is 0.134 e. The molecule has 1 nitrogen and oxygen atoms in total. The fraction of sp³-hybridized carbons (Fsp3) is 0.364. The van der Waals surface area contributed by atoms with Gasteiger partial charge < -0.3 is 0 Å². The van der Waals surface area contributed by atoms with Gasteiger partial charge in [-0.1, -0.05) is 12.1 Å². The first-order chi connectivity index (χ1) is 6.16. The highest BCUT2D eigenvalue weighted by Crippen LogP contribution is 2.33. The number of carbonyl (C=O) groups is 1. The van der Waals surface area contributed by atoms with Crippen LogP contribution < -0.4 is 0 Å². The highest BCUT2D eigenvalue weighted by molar-refractivity contribution is 5.86. The van der Waals surface area contributed by atoms with E-state index in [0.717, 1.165) is 5.56 Å². The first-order valence-electron chi connectivity index (χ1n) is 4.44. The highest BCUT2D eigenvalue weighted by atomic mass is 19.1. The van der Waals surface area contributed by atoms with Crippen molar-refractivity contribution in [2.45, 2.75) is 25.7 Å². The summed E-state index contributed by atoms with van der Waals surface area (Å²) in [6.07, 6.45) is 1.26. The monoisotopic (exact) mass is 178 g/mol. The lowest BCUT2D eigenvalue weighted by molar-refractivity contribution is -0.124. The van der Waals surface area contributed by atoms with Crippen molar-refractivity contribution in [2.75, 3.05) is 0 Å². The van der Waals surface area contributed by atoms with Crippen LogP contribution in [0.3, 0.4) is 0 Å². The molecule has 1 aromatic rings. The minimum absolute atomic E-state index is 0.172. The average molecular weight is 178 g/mol. The Balaban J connectivity index is 2.22. The Labute approximate surface area is 76.6 Å². The van der Waals surface area contributed by atoms with Gasteiger partial charge in [-0.3, -0.25) is 4.79 Å². The number of hydrogen-bond acceptors (Lipinski definition) is 1. The Kier molecular flexibility index (Phi) is 1.91. The van der Waals surface area contributed by atoms with E-state index in [4.69, 9.17) is 0 Å². The van der Waals surface area contributed by atoms with Crippen LogP contribution in [0.15, 0.2) is 18.2 Å². The SMILES string of the molecule is Cc1cc(C2CC(=O)C2)ccc1F. The van der Waals surface area contributed by atoms with Gasteiger partial charge in [0, 0.05) is 12.8 Å². The summed E-state index contributed by atoms with van der Waals surface area (Å²) in [5, 5.41) is 0. The third kappa shape index (κ3) is 1.48. The van der Waals surface area contributed by atoms with E-state index in [0.29, 0.717) is 30.1 Å². The Bertz CT molecular complexity index is 349. The second kappa shape index (κ2) is 2.95. The van der Waals surface area contributed by atoms with Crippen LogP contribution in [0.2, 0.25) is 0 Å². The van der Waals surface area contributed by atoms with Gasteiger partial charge in [0.05, 0.1) is 0 Å². The predicted molar refractivity (Wildman–Crippen MR) is 48.1 cm³/mol. The van der Waals surface area contributed by atoms with Crippen molar-refractivity contribution < 1.29 is 9.18 Å². The molecule has 0 unspecified atom stereocenters. The first-order valence-corrected chi connectivity index (χ1v) is 4.44. The average Bonchev–Trinajstić information content (AvgIpc) is 2.05. The number of aryl methyl sites for hydroxylation is 1. The summed E-state index contributed by atoms with van der Waals surface area (Å²) in [6, 6.07) is 5.10. The lowest BCUT2D eigenvalue weighted by atomic mass is 9.78. The maximum atomic E-state index is 12.9. The van der Waals surface area contributed by atoms with E-state index < -0.39 is 0 Å². The van der Waals surface area contributed by atoms with Gasteiger partial charge in [0.2, 0.25) is 0 Å². The molecule has 0 amide bonds. The molecule has 0 bridgehead atoms. The molecule has 0 spiro atoms. The number of halogens is 1. The van der Waals surface area contributed by atoms with Gasteiger partial charge in [-0.05, 0) is 30.0 Å². The van der Waals surface area contributed by atoms with Crippen LogP contribution in [-0.4, -0.2) is 5.78 Å². The maximum Gasteiger partial charge on any atom is 0.134 e. The molecule has 2 heteroatoms. The van der Waals surface area contributed by atoms with Crippen molar-refractivity contribution in [1.29, 1.82) is 0 Å². The van der Waals surface area contributed by atoms with E-state index >= 15 is 0 Å². The molecule has 1 saturated carbocycles. The number of carbonyl (C=O) groups excluding carboxylic acids is 1. The highest BCUT2D eigenvalue weighted by Gasteiger charge is 2.27. The molecular weight excluding hydrogens is 167 g/mol. The Hall–Kier alpha value is -1.18. The molecule has 0 aliphatic heterocycles. The molecule has 2 rings (SSSR count). The van der Waals surface area contributed by atoms with E-state index in [1.165, 1.54) is 6.07 Å². The minimum atomic E-state index is -0.172. The number of rotatable bonds is 1. The number of hydrogen-bond donors (Lipinski definition) is 0. The standard InChI is InChI=1S/C11H11FO/c1-7-4-8(2-3-11(7)12)9-5-10(13)6-9/h2-4,9H,5-6H2,1H3. The van der Waals surface area contributed by atoms with Gasteiger partial charge in [-0.15, -0.1) is 0 Å². The zero-order chi connectivity index (χ0) is 9.42. The molecule has 13 heavy (non-hydrogen) atoms. The molecule has 1 aromatic carbocycles. The Morgan fingerprint density at radius 3 is 2.62 bits per heavy atom. The predicted octanol–water partition coefficient (Wildman–Crippen LogP) is 2.58. The number of ketones is 1. The van der Waals surface area contributed by atoms with Gasteiger partial charge in [0.15, 0.2) is 0 Å². The van der Waals surface area contributed by atoms with Crippen molar-refractivity contribution in [3.63, 3.8) is 0 Å². The van der Waals surface area contributed by atoms with Crippen LogP contribution in [0.4, 0.5) is 4.39 Å².